The average molecular weight is 309 g/mol. The molecule has 0 atom stereocenters. The lowest BCUT2D eigenvalue weighted by molar-refractivity contribution is 0.405. The van der Waals surface area contributed by atoms with Crippen LogP contribution in [0.1, 0.15) is 0 Å². The van der Waals surface area contributed by atoms with Crippen molar-refractivity contribution in [1.29, 1.82) is 0 Å². The number of hydrogen-bond donors (Lipinski definition) is 2. The Hall–Kier alpha value is -2.48. The second-order valence-corrected chi connectivity index (χ2v) is 5.77. The Kier molecular flexibility index (Phi) is 4.18. The third-order valence-corrected chi connectivity index (χ3v) is 4.07. The van der Waals surface area contributed by atoms with Gasteiger partial charge in [-0.2, -0.15) is 0 Å². The maximum absolute atomic E-state index is 12.3. The van der Waals surface area contributed by atoms with Gasteiger partial charge in [0.2, 0.25) is 0 Å². The van der Waals surface area contributed by atoms with Crippen molar-refractivity contribution in [2.24, 2.45) is 0 Å². The molecule has 7 nitrogen and oxygen atoms in total. The van der Waals surface area contributed by atoms with Crippen LogP contribution >= 0.6 is 0 Å². The van der Waals surface area contributed by atoms with E-state index in [1.807, 2.05) is 0 Å². The van der Waals surface area contributed by atoms with Gasteiger partial charge >= 0.3 is 0 Å². The zero-order chi connectivity index (χ0) is 15.5. The molecule has 0 spiro atoms. The molecular formula is C13H15N3O4S. The SMILES string of the molecule is COc1ccc(OC)c(NS(=O)(=O)c2ccc(N)nc2)c1. The highest BCUT2D eigenvalue weighted by Gasteiger charge is 2.17. The zero-order valence-corrected chi connectivity index (χ0v) is 12.3. The number of benzene rings is 1. The molecule has 2 rings (SSSR count). The summed E-state index contributed by atoms with van der Waals surface area (Å²) >= 11 is 0. The number of sulfonamides is 1. The van der Waals surface area contributed by atoms with Gasteiger partial charge < -0.3 is 15.2 Å². The minimum Gasteiger partial charge on any atom is -0.497 e. The molecule has 0 radical (unpaired) electrons. The molecule has 0 saturated carbocycles. The first-order chi connectivity index (χ1) is 9.96. The summed E-state index contributed by atoms with van der Waals surface area (Å²) < 4.78 is 37.2. The summed E-state index contributed by atoms with van der Waals surface area (Å²) in [6.45, 7) is 0. The predicted octanol–water partition coefficient (Wildman–Crippen LogP) is 1.48. The topological polar surface area (TPSA) is 104 Å². The third-order valence-electron chi connectivity index (χ3n) is 2.72. The van der Waals surface area contributed by atoms with Gasteiger partial charge in [-0.15, -0.1) is 0 Å². The molecule has 0 aliphatic rings. The van der Waals surface area contributed by atoms with Crippen LogP contribution in [0.15, 0.2) is 41.4 Å². The Morgan fingerprint density at radius 2 is 1.90 bits per heavy atom. The van der Waals surface area contributed by atoms with Crippen LogP contribution in [-0.4, -0.2) is 27.6 Å². The molecule has 1 aromatic carbocycles. The number of aromatic nitrogens is 1. The fourth-order valence-electron chi connectivity index (χ4n) is 1.65. The van der Waals surface area contributed by atoms with Crippen LogP contribution in [0.3, 0.4) is 0 Å². The molecule has 21 heavy (non-hydrogen) atoms. The number of methoxy groups -OCH3 is 2. The highest BCUT2D eigenvalue weighted by Crippen LogP contribution is 2.30. The second-order valence-electron chi connectivity index (χ2n) is 4.09. The highest BCUT2D eigenvalue weighted by atomic mass is 32.2. The van der Waals surface area contributed by atoms with Crippen LogP contribution in [0, 0.1) is 0 Å². The Morgan fingerprint density at radius 1 is 1.14 bits per heavy atom. The van der Waals surface area contributed by atoms with Gasteiger partial charge in [0.05, 0.1) is 19.9 Å². The van der Waals surface area contributed by atoms with Crippen molar-refractivity contribution in [1.82, 2.24) is 4.98 Å². The van der Waals surface area contributed by atoms with Gasteiger partial charge in [-0.05, 0) is 24.3 Å². The first kappa shape index (κ1) is 14.9. The number of rotatable bonds is 5. The zero-order valence-electron chi connectivity index (χ0n) is 11.5. The normalized spacial score (nSPS) is 11.0. The van der Waals surface area contributed by atoms with Crippen molar-refractivity contribution < 1.29 is 17.9 Å². The molecule has 8 heteroatoms. The van der Waals surface area contributed by atoms with Crippen LogP contribution in [0.25, 0.3) is 0 Å². The Labute approximate surface area is 122 Å². The van der Waals surface area contributed by atoms with E-state index in [1.54, 1.807) is 12.1 Å². The second kappa shape index (κ2) is 5.88. The van der Waals surface area contributed by atoms with E-state index in [4.69, 9.17) is 15.2 Å². The highest BCUT2D eigenvalue weighted by molar-refractivity contribution is 7.92. The Balaban J connectivity index is 2.38. The quantitative estimate of drug-likeness (QED) is 0.867. The number of nitrogen functional groups attached to an aromatic ring is 1. The average Bonchev–Trinajstić information content (AvgIpc) is 2.47. The minimum atomic E-state index is -3.79. The van der Waals surface area contributed by atoms with E-state index in [2.05, 4.69) is 9.71 Å². The lowest BCUT2D eigenvalue weighted by atomic mass is 10.3. The first-order valence-electron chi connectivity index (χ1n) is 5.92. The molecule has 1 aromatic heterocycles. The molecule has 0 aliphatic carbocycles. The summed E-state index contributed by atoms with van der Waals surface area (Å²) in [4.78, 5) is 3.77. The molecular weight excluding hydrogens is 294 g/mol. The molecule has 1 heterocycles. The van der Waals surface area contributed by atoms with Gasteiger partial charge in [-0.3, -0.25) is 4.72 Å². The van der Waals surface area contributed by atoms with E-state index in [1.165, 1.54) is 38.6 Å². The maximum Gasteiger partial charge on any atom is 0.263 e. The first-order valence-corrected chi connectivity index (χ1v) is 7.41. The minimum absolute atomic E-state index is 0.00146. The fourth-order valence-corrected chi connectivity index (χ4v) is 2.65. The van der Waals surface area contributed by atoms with Gasteiger partial charge in [0.1, 0.15) is 22.2 Å². The van der Waals surface area contributed by atoms with Crippen LogP contribution in [0.4, 0.5) is 11.5 Å². The maximum atomic E-state index is 12.3. The summed E-state index contributed by atoms with van der Waals surface area (Å²) in [6.07, 6.45) is 1.18. The van der Waals surface area contributed by atoms with Gasteiger partial charge in [0.25, 0.3) is 10.0 Å². The van der Waals surface area contributed by atoms with Gasteiger partial charge in [0, 0.05) is 12.3 Å². The van der Waals surface area contributed by atoms with Gasteiger partial charge in [0.15, 0.2) is 0 Å². The van der Waals surface area contributed by atoms with Crippen molar-refractivity contribution in [3.63, 3.8) is 0 Å². The Morgan fingerprint density at radius 3 is 2.48 bits per heavy atom. The van der Waals surface area contributed by atoms with E-state index in [9.17, 15) is 8.42 Å². The molecule has 0 aliphatic heterocycles. The largest absolute Gasteiger partial charge is 0.497 e. The molecule has 0 unspecified atom stereocenters. The van der Waals surface area contributed by atoms with E-state index in [0.717, 1.165) is 0 Å². The lowest BCUT2D eigenvalue weighted by Gasteiger charge is -2.13. The fraction of sp³-hybridized carbons (Fsp3) is 0.154. The number of nitrogens with one attached hydrogen (secondary N) is 1. The number of pyridine rings is 1. The van der Waals surface area contributed by atoms with Crippen LogP contribution in [0.5, 0.6) is 11.5 Å². The standard InChI is InChI=1S/C13H15N3O4S/c1-19-9-3-5-12(20-2)11(7-9)16-21(17,18)10-4-6-13(14)15-8-10/h3-8,16H,1-2H3,(H2,14,15). The third kappa shape index (κ3) is 3.34. The molecule has 2 aromatic rings. The number of hydrogen-bond acceptors (Lipinski definition) is 6. The Bertz CT molecular complexity index is 730. The lowest BCUT2D eigenvalue weighted by Crippen LogP contribution is -2.14. The molecule has 0 fully saturated rings. The molecule has 0 bridgehead atoms. The number of anilines is 2. The summed E-state index contributed by atoms with van der Waals surface area (Å²) in [5.41, 5.74) is 5.72. The molecule has 0 saturated heterocycles. The van der Waals surface area contributed by atoms with Gasteiger partial charge in [-0.25, -0.2) is 13.4 Å². The number of ether oxygens (including phenoxy) is 2. The van der Waals surface area contributed by atoms with E-state index in [-0.39, 0.29) is 16.4 Å². The number of nitrogens with two attached hydrogens (primary N) is 1. The molecule has 0 amide bonds. The number of nitrogens with zero attached hydrogens (tertiary/aromatic N) is 1. The summed E-state index contributed by atoms with van der Waals surface area (Å²) in [5.74, 6) is 1.12. The summed E-state index contributed by atoms with van der Waals surface area (Å²) in [5, 5.41) is 0. The summed E-state index contributed by atoms with van der Waals surface area (Å²) in [6, 6.07) is 7.59. The smallest absolute Gasteiger partial charge is 0.263 e. The van der Waals surface area contributed by atoms with E-state index >= 15 is 0 Å². The predicted molar refractivity (Wildman–Crippen MR) is 79.0 cm³/mol. The monoisotopic (exact) mass is 309 g/mol. The van der Waals surface area contributed by atoms with Crippen molar-refractivity contribution in [3.05, 3.63) is 36.5 Å². The van der Waals surface area contributed by atoms with Crippen LogP contribution < -0.4 is 19.9 Å². The van der Waals surface area contributed by atoms with E-state index in [0.29, 0.717) is 11.5 Å². The van der Waals surface area contributed by atoms with Crippen LogP contribution in [0.2, 0.25) is 0 Å². The molecule has 3 N–H and O–H groups in total. The van der Waals surface area contributed by atoms with Crippen molar-refractivity contribution in [2.75, 3.05) is 24.7 Å². The van der Waals surface area contributed by atoms with Crippen molar-refractivity contribution in [3.8, 4) is 11.5 Å². The van der Waals surface area contributed by atoms with Crippen molar-refractivity contribution in [2.45, 2.75) is 4.90 Å². The summed E-state index contributed by atoms with van der Waals surface area (Å²) in [7, 11) is -0.852. The van der Waals surface area contributed by atoms with E-state index < -0.39 is 10.0 Å². The van der Waals surface area contributed by atoms with Crippen LogP contribution in [-0.2, 0) is 10.0 Å². The van der Waals surface area contributed by atoms with Gasteiger partial charge in [-0.1, -0.05) is 0 Å². The molecule has 112 valence electrons. The van der Waals surface area contributed by atoms with Crippen molar-refractivity contribution >= 4 is 21.5 Å².